The molecule has 0 aliphatic rings. The van der Waals surface area contributed by atoms with Gasteiger partial charge in [-0.25, -0.2) is 8.78 Å². The summed E-state index contributed by atoms with van der Waals surface area (Å²) in [6, 6.07) is 3.26. The van der Waals surface area contributed by atoms with E-state index in [0.717, 1.165) is 6.07 Å². The first-order valence-electron chi connectivity index (χ1n) is 5.41. The van der Waals surface area contributed by atoms with Gasteiger partial charge in [-0.1, -0.05) is 13.0 Å². The van der Waals surface area contributed by atoms with Crippen LogP contribution in [0.3, 0.4) is 0 Å². The van der Waals surface area contributed by atoms with Gasteiger partial charge in [0.25, 0.3) is 0 Å². The van der Waals surface area contributed by atoms with Crippen molar-refractivity contribution in [3.63, 3.8) is 0 Å². The van der Waals surface area contributed by atoms with Crippen molar-refractivity contribution in [2.75, 3.05) is 6.54 Å². The van der Waals surface area contributed by atoms with Gasteiger partial charge in [0.1, 0.15) is 11.6 Å². The molecule has 2 atom stereocenters. The van der Waals surface area contributed by atoms with Crippen molar-refractivity contribution >= 4 is 0 Å². The third kappa shape index (κ3) is 3.54. The zero-order valence-corrected chi connectivity index (χ0v) is 9.50. The molecule has 2 nitrogen and oxygen atoms in total. The van der Waals surface area contributed by atoms with E-state index in [4.69, 9.17) is 0 Å². The average molecular weight is 229 g/mol. The Balaban J connectivity index is 2.62. The molecule has 2 N–H and O–H groups in total. The van der Waals surface area contributed by atoms with Crippen molar-refractivity contribution in [3.05, 3.63) is 35.4 Å². The zero-order valence-electron chi connectivity index (χ0n) is 9.50. The number of benzene rings is 1. The second-order valence-electron chi connectivity index (χ2n) is 3.86. The first-order valence-corrected chi connectivity index (χ1v) is 5.41. The molecule has 4 heteroatoms. The fourth-order valence-corrected chi connectivity index (χ4v) is 1.42. The van der Waals surface area contributed by atoms with Crippen LogP contribution in [0.1, 0.15) is 31.9 Å². The van der Waals surface area contributed by atoms with E-state index in [-0.39, 0.29) is 6.04 Å². The first kappa shape index (κ1) is 13.1. The Morgan fingerprint density at radius 2 is 2.06 bits per heavy atom. The van der Waals surface area contributed by atoms with Gasteiger partial charge in [0.15, 0.2) is 0 Å². The van der Waals surface area contributed by atoms with E-state index in [0.29, 0.717) is 18.5 Å². The number of aliphatic hydroxyl groups excluding tert-OH is 1. The van der Waals surface area contributed by atoms with E-state index in [2.05, 4.69) is 5.32 Å². The van der Waals surface area contributed by atoms with E-state index < -0.39 is 17.7 Å². The summed E-state index contributed by atoms with van der Waals surface area (Å²) in [6.07, 6.45) is 0.206. The summed E-state index contributed by atoms with van der Waals surface area (Å²) in [5.74, 6) is -1.15. The maximum atomic E-state index is 13.4. The Labute approximate surface area is 94.3 Å². The van der Waals surface area contributed by atoms with Gasteiger partial charge in [-0.3, -0.25) is 0 Å². The molecular formula is C12H17F2NO. The van der Waals surface area contributed by atoms with Gasteiger partial charge in [-0.2, -0.15) is 0 Å². The predicted molar refractivity (Wildman–Crippen MR) is 59.1 cm³/mol. The molecule has 1 rings (SSSR count). The Morgan fingerprint density at radius 3 is 2.62 bits per heavy atom. The van der Waals surface area contributed by atoms with Gasteiger partial charge in [-0.15, -0.1) is 0 Å². The van der Waals surface area contributed by atoms with Crippen molar-refractivity contribution in [1.82, 2.24) is 5.32 Å². The van der Waals surface area contributed by atoms with E-state index >= 15 is 0 Å². The highest BCUT2D eigenvalue weighted by Gasteiger charge is 2.12. The molecule has 90 valence electrons. The molecule has 0 aliphatic carbocycles. The monoisotopic (exact) mass is 229 g/mol. The molecule has 0 saturated heterocycles. The van der Waals surface area contributed by atoms with Crippen molar-refractivity contribution < 1.29 is 13.9 Å². The number of aliphatic hydroxyl groups is 1. The Hall–Kier alpha value is -1.00. The number of rotatable bonds is 5. The maximum Gasteiger partial charge on any atom is 0.130 e. The zero-order chi connectivity index (χ0) is 12.1. The summed E-state index contributed by atoms with van der Waals surface area (Å²) in [7, 11) is 0. The SMILES string of the molecule is CC[C@H](O)CN[C@@H](C)c1ccc(F)cc1F. The van der Waals surface area contributed by atoms with Gasteiger partial charge in [-0.05, 0) is 19.4 Å². The van der Waals surface area contributed by atoms with Crippen molar-refractivity contribution in [2.45, 2.75) is 32.4 Å². The Kier molecular flexibility index (Phi) is 4.83. The van der Waals surface area contributed by atoms with Crippen molar-refractivity contribution in [2.24, 2.45) is 0 Å². The van der Waals surface area contributed by atoms with E-state index in [1.807, 2.05) is 6.92 Å². The molecule has 0 radical (unpaired) electrons. The lowest BCUT2D eigenvalue weighted by Crippen LogP contribution is -2.29. The fraction of sp³-hybridized carbons (Fsp3) is 0.500. The van der Waals surface area contributed by atoms with Crippen LogP contribution in [0.25, 0.3) is 0 Å². The highest BCUT2D eigenvalue weighted by molar-refractivity contribution is 5.21. The van der Waals surface area contributed by atoms with Gasteiger partial charge in [0, 0.05) is 24.2 Å². The van der Waals surface area contributed by atoms with E-state index in [1.165, 1.54) is 12.1 Å². The minimum Gasteiger partial charge on any atom is -0.392 e. The smallest absolute Gasteiger partial charge is 0.130 e. The summed E-state index contributed by atoms with van der Waals surface area (Å²) in [6.45, 7) is 4.04. The highest BCUT2D eigenvalue weighted by atomic mass is 19.1. The molecule has 1 aromatic carbocycles. The molecule has 0 heterocycles. The quantitative estimate of drug-likeness (QED) is 0.812. The lowest BCUT2D eigenvalue weighted by molar-refractivity contribution is 0.163. The lowest BCUT2D eigenvalue weighted by Gasteiger charge is -2.17. The van der Waals surface area contributed by atoms with Crippen LogP contribution in [-0.4, -0.2) is 17.8 Å². The molecule has 0 aromatic heterocycles. The molecule has 0 amide bonds. The number of nitrogens with one attached hydrogen (secondary N) is 1. The van der Waals surface area contributed by atoms with Crippen molar-refractivity contribution in [1.29, 1.82) is 0 Å². The number of hydrogen-bond acceptors (Lipinski definition) is 2. The summed E-state index contributed by atoms with van der Waals surface area (Å²) < 4.78 is 26.0. The predicted octanol–water partition coefficient (Wildman–Crippen LogP) is 2.39. The lowest BCUT2D eigenvalue weighted by atomic mass is 10.1. The number of hydrogen-bond donors (Lipinski definition) is 2. The largest absolute Gasteiger partial charge is 0.392 e. The molecule has 0 aliphatic heterocycles. The normalized spacial score (nSPS) is 14.8. The third-order valence-electron chi connectivity index (χ3n) is 2.56. The minimum absolute atomic E-state index is 0.248. The molecule has 0 fully saturated rings. The fourth-order valence-electron chi connectivity index (χ4n) is 1.42. The second kappa shape index (κ2) is 5.92. The average Bonchev–Trinajstić information content (AvgIpc) is 2.25. The molecule has 0 bridgehead atoms. The van der Waals surface area contributed by atoms with Crippen LogP contribution in [0, 0.1) is 11.6 Å². The molecule has 0 spiro atoms. The standard InChI is InChI=1S/C12H17F2NO/c1-3-10(16)7-15-8(2)11-5-4-9(13)6-12(11)14/h4-6,8,10,15-16H,3,7H2,1-2H3/t8-,10-/m0/s1. The van der Waals surface area contributed by atoms with Crippen LogP contribution in [0.4, 0.5) is 8.78 Å². The molecule has 16 heavy (non-hydrogen) atoms. The summed E-state index contributed by atoms with van der Waals surface area (Å²) in [5, 5.41) is 12.3. The number of halogens is 2. The Bertz CT molecular complexity index is 344. The van der Waals surface area contributed by atoms with Crippen molar-refractivity contribution in [3.8, 4) is 0 Å². The highest BCUT2D eigenvalue weighted by Crippen LogP contribution is 2.17. The third-order valence-corrected chi connectivity index (χ3v) is 2.56. The van der Waals surface area contributed by atoms with Gasteiger partial charge >= 0.3 is 0 Å². The molecule has 1 aromatic rings. The van der Waals surface area contributed by atoms with Crippen LogP contribution < -0.4 is 5.32 Å². The van der Waals surface area contributed by atoms with Crippen LogP contribution in [0.2, 0.25) is 0 Å². The van der Waals surface area contributed by atoms with Crippen LogP contribution >= 0.6 is 0 Å². The molecule has 0 saturated carbocycles. The van der Waals surface area contributed by atoms with Gasteiger partial charge in [0.05, 0.1) is 6.10 Å². The summed E-state index contributed by atoms with van der Waals surface area (Å²) in [5.41, 5.74) is 0.407. The second-order valence-corrected chi connectivity index (χ2v) is 3.86. The van der Waals surface area contributed by atoms with Gasteiger partial charge in [0.2, 0.25) is 0 Å². The topological polar surface area (TPSA) is 32.3 Å². The summed E-state index contributed by atoms with van der Waals surface area (Å²) >= 11 is 0. The maximum absolute atomic E-state index is 13.4. The van der Waals surface area contributed by atoms with Gasteiger partial charge < -0.3 is 10.4 Å². The minimum atomic E-state index is -0.581. The van der Waals surface area contributed by atoms with Crippen LogP contribution in [-0.2, 0) is 0 Å². The van der Waals surface area contributed by atoms with E-state index in [9.17, 15) is 13.9 Å². The Morgan fingerprint density at radius 1 is 1.38 bits per heavy atom. The van der Waals surface area contributed by atoms with E-state index in [1.54, 1.807) is 6.92 Å². The van der Waals surface area contributed by atoms with Crippen LogP contribution in [0.15, 0.2) is 18.2 Å². The molecular weight excluding hydrogens is 212 g/mol. The van der Waals surface area contributed by atoms with Crippen LogP contribution in [0.5, 0.6) is 0 Å². The first-order chi connectivity index (χ1) is 7.54. The molecule has 0 unspecified atom stereocenters. The summed E-state index contributed by atoms with van der Waals surface area (Å²) in [4.78, 5) is 0.